The Labute approximate surface area is 152 Å². The van der Waals surface area contributed by atoms with Gasteiger partial charge in [0.15, 0.2) is 0 Å². The second-order valence-corrected chi connectivity index (χ2v) is 8.32. The molecule has 7 heteroatoms. The molecule has 0 atom stereocenters. The molecule has 0 saturated carbocycles. The van der Waals surface area contributed by atoms with Crippen molar-refractivity contribution in [3.05, 3.63) is 66.0 Å². The summed E-state index contributed by atoms with van der Waals surface area (Å²) in [6.07, 6.45) is 1.38. The van der Waals surface area contributed by atoms with Gasteiger partial charge in [0.2, 0.25) is 10.0 Å². The summed E-state index contributed by atoms with van der Waals surface area (Å²) in [6.45, 7) is 1.36. The highest BCUT2D eigenvalue weighted by Crippen LogP contribution is 2.23. The standard InChI is InChI=1S/C19H21FN2O3S/c20-17-8-6-16(7-9-17)19(23)21-14-15-10-12-22(13-11-15)26(24,25)18-4-2-1-3-5-18/h1-9,15H,10-14H2,(H,21,23). The lowest BCUT2D eigenvalue weighted by atomic mass is 9.98. The predicted octanol–water partition coefficient (Wildman–Crippen LogP) is 2.66. The monoisotopic (exact) mass is 376 g/mol. The van der Waals surface area contributed by atoms with Crippen LogP contribution in [-0.2, 0) is 10.0 Å². The topological polar surface area (TPSA) is 66.5 Å². The van der Waals surface area contributed by atoms with Crippen molar-refractivity contribution >= 4 is 15.9 Å². The number of piperidine rings is 1. The highest BCUT2D eigenvalue weighted by Gasteiger charge is 2.29. The summed E-state index contributed by atoms with van der Waals surface area (Å²) in [4.78, 5) is 12.4. The van der Waals surface area contributed by atoms with E-state index in [2.05, 4.69) is 5.32 Å². The maximum Gasteiger partial charge on any atom is 0.251 e. The molecular formula is C19H21FN2O3S. The second-order valence-electron chi connectivity index (χ2n) is 6.38. The van der Waals surface area contributed by atoms with E-state index in [4.69, 9.17) is 0 Å². The molecule has 0 bridgehead atoms. The molecule has 0 spiro atoms. The largest absolute Gasteiger partial charge is 0.352 e. The third-order valence-corrected chi connectivity index (χ3v) is 6.53. The van der Waals surface area contributed by atoms with Gasteiger partial charge in [-0.2, -0.15) is 4.31 Å². The molecule has 1 aliphatic heterocycles. The van der Waals surface area contributed by atoms with Gasteiger partial charge in [-0.15, -0.1) is 0 Å². The highest BCUT2D eigenvalue weighted by atomic mass is 32.2. The summed E-state index contributed by atoms with van der Waals surface area (Å²) in [5.74, 6) is -0.403. The molecule has 0 aliphatic carbocycles. The number of carbonyl (C=O) groups is 1. The number of halogens is 1. The lowest BCUT2D eigenvalue weighted by molar-refractivity contribution is 0.0941. The Hall–Kier alpha value is -2.25. The van der Waals surface area contributed by atoms with Crippen LogP contribution in [0.5, 0.6) is 0 Å². The Balaban J connectivity index is 1.51. The van der Waals surface area contributed by atoms with Gasteiger partial charge in [0.1, 0.15) is 5.82 Å². The predicted molar refractivity (Wildman–Crippen MR) is 96.7 cm³/mol. The van der Waals surface area contributed by atoms with Crippen LogP contribution in [0.1, 0.15) is 23.2 Å². The highest BCUT2D eigenvalue weighted by molar-refractivity contribution is 7.89. The van der Waals surface area contributed by atoms with Crippen molar-refractivity contribution < 1.29 is 17.6 Å². The molecule has 1 heterocycles. The Morgan fingerprint density at radius 3 is 2.27 bits per heavy atom. The first-order chi connectivity index (χ1) is 12.5. The van der Waals surface area contributed by atoms with E-state index in [9.17, 15) is 17.6 Å². The van der Waals surface area contributed by atoms with E-state index in [1.807, 2.05) is 0 Å². The maximum absolute atomic E-state index is 12.9. The van der Waals surface area contributed by atoms with Gasteiger partial charge in [0.25, 0.3) is 5.91 Å². The molecule has 1 aliphatic rings. The zero-order chi connectivity index (χ0) is 18.6. The van der Waals surface area contributed by atoms with Gasteiger partial charge in [-0.1, -0.05) is 18.2 Å². The third-order valence-electron chi connectivity index (χ3n) is 4.61. The van der Waals surface area contributed by atoms with Crippen LogP contribution in [0.15, 0.2) is 59.5 Å². The Bertz CT molecular complexity index is 846. The average Bonchev–Trinajstić information content (AvgIpc) is 2.67. The zero-order valence-electron chi connectivity index (χ0n) is 14.3. The molecule has 0 unspecified atom stereocenters. The average molecular weight is 376 g/mol. The molecule has 3 rings (SSSR count). The molecule has 2 aromatic rings. The van der Waals surface area contributed by atoms with Crippen molar-refractivity contribution in [2.75, 3.05) is 19.6 Å². The van der Waals surface area contributed by atoms with Crippen molar-refractivity contribution in [3.8, 4) is 0 Å². The van der Waals surface area contributed by atoms with Crippen LogP contribution in [0, 0.1) is 11.7 Å². The van der Waals surface area contributed by atoms with E-state index in [-0.39, 0.29) is 17.6 Å². The maximum atomic E-state index is 12.9. The number of amides is 1. The molecule has 0 radical (unpaired) electrons. The minimum Gasteiger partial charge on any atom is -0.352 e. The molecule has 1 saturated heterocycles. The van der Waals surface area contributed by atoms with E-state index in [0.29, 0.717) is 42.9 Å². The Morgan fingerprint density at radius 2 is 1.65 bits per heavy atom. The number of sulfonamides is 1. The van der Waals surface area contributed by atoms with E-state index in [0.717, 1.165) is 0 Å². The van der Waals surface area contributed by atoms with Crippen molar-refractivity contribution in [3.63, 3.8) is 0 Å². The first-order valence-corrected chi connectivity index (χ1v) is 10.00. The van der Waals surface area contributed by atoms with E-state index < -0.39 is 10.0 Å². The third kappa shape index (κ3) is 4.28. The summed E-state index contributed by atoms with van der Waals surface area (Å²) in [7, 11) is -3.45. The quantitative estimate of drug-likeness (QED) is 0.872. The fourth-order valence-corrected chi connectivity index (χ4v) is 4.53. The fraction of sp³-hybridized carbons (Fsp3) is 0.316. The molecule has 26 heavy (non-hydrogen) atoms. The van der Waals surface area contributed by atoms with Gasteiger partial charge < -0.3 is 5.32 Å². The van der Waals surface area contributed by atoms with Gasteiger partial charge >= 0.3 is 0 Å². The van der Waals surface area contributed by atoms with Crippen LogP contribution in [-0.4, -0.2) is 38.3 Å². The number of benzene rings is 2. The summed E-state index contributed by atoms with van der Waals surface area (Å²) in [5.41, 5.74) is 0.412. The number of nitrogens with zero attached hydrogens (tertiary/aromatic N) is 1. The number of hydrogen-bond donors (Lipinski definition) is 1. The molecule has 0 aromatic heterocycles. The molecule has 1 N–H and O–H groups in total. The van der Waals surface area contributed by atoms with Crippen LogP contribution in [0.3, 0.4) is 0 Å². The van der Waals surface area contributed by atoms with Crippen LogP contribution in [0.4, 0.5) is 4.39 Å². The lowest BCUT2D eigenvalue weighted by Gasteiger charge is -2.31. The summed E-state index contributed by atoms with van der Waals surface area (Å²) < 4.78 is 39.6. The van der Waals surface area contributed by atoms with Gasteiger partial charge in [0, 0.05) is 25.2 Å². The van der Waals surface area contributed by atoms with Gasteiger partial charge in [-0.3, -0.25) is 4.79 Å². The summed E-state index contributed by atoms with van der Waals surface area (Å²) >= 11 is 0. The number of nitrogens with one attached hydrogen (secondary N) is 1. The van der Waals surface area contributed by atoms with Crippen molar-refractivity contribution in [2.24, 2.45) is 5.92 Å². The summed E-state index contributed by atoms with van der Waals surface area (Å²) in [5, 5.41) is 2.84. The van der Waals surface area contributed by atoms with E-state index in [1.54, 1.807) is 30.3 Å². The number of carbonyl (C=O) groups excluding carboxylic acids is 1. The normalized spacial score (nSPS) is 16.3. The smallest absolute Gasteiger partial charge is 0.251 e. The van der Waals surface area contributed by atoms with Gasteiger partial charge in [-0.05, 0) is 55.2 Å². The second kappa shape index (κ2) is 7.97. The zero-order valence-corrected chi connectivity index (χ0v) is 15.1. The molecule has 138 valence electrons. The first-order valence-electron chi connectivity index (χ1n) is 8.56. The molecular weight excluding hydrogens is 355 g/mol. The summed E-state index contributed by atoms with van der Waals surface area (Å²) in [6, 6.07) is 13.8. The van der Waals surface area contributed by atoms with Crippen LogP contribution in [0.25, 0.3) is 0 Å². The lowest BCUT2D eigenvalue weighted by Crippen LogP contribution is -2.41. The Morgan fingerprint density at radius 1 is 1.04 bits per heavy atom. The minimum atomic E-state index is -3.45. The van der Waals surface area contributed by atoms with Gasteiger partial charge in [-0.25, -0.2) is 12.8 Å². The molecule has 2 aromatic carbocycles. The van der Waals surface area contributed by atoms with E-state index >= 15 is 0 Å². The SMILES string of the molecule is O=C(NCC1CCN(S(=O)(=O)c2ccccc2)CC1)c1ccc(F)cc1. The Kier molecular flexibility index (Phi) is 5.68. The minimum absolute atomic E-state index is 0.224. The first kappa shape index (κ1) is 18.5. The van der Waals surface area contributed by atoms with Crippen LogP contribution in [0.2, 0.25) is 0 Å². The molecule has 1 amide bonds. The molecule has 1 fully saturated rings. The van der Waals surface area contributed by atoms with Crippen molar-refractivity contribution in [1.29, 1.82) is 0 Å². The fourth-order valence-electron chi connectivity index (χ4n) is 3.04. The van der Waals surface area contributed by atoms with Crippen molar-refractivity contribution in [2.45, 2.75) is 17.7 Å². The van der Waals surface area contributed by atoms with Crippen molar-refractivity contribution in [1.82, 2.24) is 9.62 Å². The van der Waals surface area contributed by atoms with Gasteiger partial charge in [0.05, 0.1) is 4.90 Å². The number of hydrogen-bond acceptors (Lipinski definition) is 3. The van der Waals surface area contributed by atoms with E-state index in [1.165, 1.54) is 28.6 Å². The number of rotatable bonds is 5. The van der Waals surface area contributed by atoms with Crippen LogP contribution >= 0.6 is 0 Å². The van der Waals surface area contributed by atoms with Crippen LogP contribution < -0.4 is 5.32 Å². The molecule has 5 nitrogen and oxygen atoms in total.